The molecule has 0 unspecified atom stereocenters. The van der Waals surface area contributed by atoms with Crippen molar-refractivity contribution in [2.24, 2.45) is 12.5 Å². The third-order valence-corrected chi connectivity index (χ3v) is 5.20. The highest BCUT2D eigenvalue weighted by Gasteiger charge is 2.23. The van der Waals surface area contributed by atoms with Gasteiger partial charge in [0, 0.05) is 22.9 Å². The molecule has 2 aromatic heterocycles. The Morgan fingerprint density at radius 1 is 1.04 bits per heavy atom. The van der Waals surface area contributed by atoms with Gasteiger partial charge in [-0.05, 0) is 36.0 Å². The summed E-state index contributed by atoms with van der Waals surface area (Å²) < 4.78 is 8.45. The summed E-state index contributed by atoms with van der Waals surface area (Å²) in [4.78, 5) is 0. The second kappa shape index (κ2) is 6.49. The molecule has 0 saturated heterocycles. The Morgan fingerprint density at radius 3 is 2.50 bits per heavy atom. The van der Waals surface area contributed by atoms with E-state index in [0.29, 0.717) is 11.1 Å². The highest BCUT2D eigenvalue weighted by molar-refractivity contribution is 6.10. The average molecular weight is 369 g/mol. The fraction of sp³-hybridized carbons (Fsp3) is 0.280. The molecular formula is C25H25N2O+. The molecule has 0 fully saturated rings. The van der Waals surface area contributed by atoms with Crippen LogP contribution >= 0.6 is 0 Å². The number of aryl methyl sites for hydroxylation is 2. The molecule has 0 bridgehead atoms. The number of fused-ring (bicyclic) bond motifs is 3. The summed E-state index contributed by atoms with van der Waals surface area (Å²) in [5.74, 6) is 0. The zero-order valence-corrected chi connectivity index (χ0v) is 17.1. The summed E-state index contributed by atoms with van der Waals surface area (Å²) >= 11 is 0. The van der Waals surface area contributed by atoms with Crippen LogP contribution < -0.4 is 4.57 Å². The Bertz CT molecular complexity index is 1250. The highest BCUT2D eigenvalue weighted by atomic mass is 16.3. The number of furan rings is 1. The molecular weight excluding hydrogens is 344 g/mol. The fourth-order valence-corrected chi connectivity index (χ4v) is 3.95. The van der Waals surface area contributed by atoms with E-state index in [1.54, 1.807) is 6.07 Å². The Balaban J connectivity index is 2.03. The molecule has 0 saturated carbocycles. The number of rotatable bonds is 2. The molecule has 140 valence electrons. The maximum Gasteiger partial charge on any atom is 0.216 e. The van der Waals surface area contributed by atoms with Crippen molar-refractivity contribution in [3.63, 3.8) is 0 Å². The lowest BCUT2D eigenvalue weighted by atomic mass is 9.88. The number of hydrogen-bond donors (Lipinski definition) is 0. The summed E-state index contributed by atoms with van der Waals surface area (Å²) in [5, 5.41) is 11.5. The van der Waals surface area contributed by atoms with E-state index in [1.165, 1.54) is 5.56 Å². The van der Waals surface area contributed by atoms with E-state index in [0.717, 1.165) is 39.6 Å². The molecule has 0 spiro atoms. The zero-order chi connectivity index (χ0) is 20.1. The Morgan fingerprint density at radius 2 is 1.79 bits per heavy atom. The Labute approximate surface area is 165 Å². The van der Waals surface area contributed by atoms with E-state index in [9.17, 15) is 5.26 Å². The summed E-state index contributed by atoms with van der Waals surface area (Å²) in [6.07, 6.45) is 3.13. The zero-order valence-electron chi connectivity index (χ0n) is 17.1. The first-order chi connectivity index (χ1) is 13.3. The number of nitrogens with zero attached hydrogens (tertiary/aromatic N) is 2. The normalized spacial score (nSPS) is 11.9. The fourth-order valence-electron chi connectivity index (χ4n) is 3.95. The number of hydrogen-bond acceptors (Lipinski definition) is 2. The van der Waals surface area contributed by atoms with E-state index in [-0.39, 0.29) is 5.41 Å². The van der Waals surface area contributed by atoms with E-state index in [2.05, 4.69) is 75.8 Å². The van der Waals surface area contributed by atoms with Crippen molar-refractivity contribution in [2.75, 3.05) is 0 Å². The van der Waals surface area contributed by atoms with Gasteiger partial charge in [-0.25, -0.2) is 4.57 Å². The molecule has 0 aliphatic carbocycles. The van der Waals surface area contributed by atoms with Crippen LogP contribution in [0.25, 0.3) is 33.2 Å². The van der Waals surface area contributed by atoms with Crippen LogP contribution in [-0.4, -0.2) is 0 Å². The van der Waals surface area contributed by atoms with Crippen molar-refractivity contribution in [3.8, 4) is 17.3 Å². The van der Waals surface area contributed by atoms with Crippen molar-refractivity contribution in [1.82, 2.24) is 0 Å². The number of para-hydroxylation sites is 1. The molecule has 4 aromatic rings. The minimum absolute atomic E-state index is 0.222. The average Bonchev–Trinajstić information content (AvgIpc) is 3.01. The molecule has 2 aromatic carbocycles. The largest absolute Gasteiger partial charge is 0.454 e. The SMILES string of the molecule is Cc1ccc2c(oc3c(C#N)cccc32)c1-c1cc(CC(C)(C)C)cc[n+]1C. The van der Waals surface area contributed by atoms with E-state index >= 15 is 0 Å². The highest BCUT2D eigenvalue weighted by Crippen LogP contribution is 2.38. The second-order valence-electron chi connectivity index (χ2n) is 8.80. The van der Waals surface area contributed by atoms with Crippen molar-refractivity contribution in [3.05, 3.63) is 65.4 Å². The monoisotopic (exact) mass is 369 g/mol. The van der Waals surface area contributed by atoms with Crippen LogP contribution in [-0.2, 0) is 13.5 Å². The van der Waals surface area contributed by atoms with Crippen LogP contribution in [0.5, 0.6) is 0 Å². The topological polar surface area (TPSA) is 40.8 Å². The third-order valence-electron chi connectivity index (χ3n) is 5.20. The third kappa shape index (κ3) is 3.05. The van der Waals surface area contributed by atoms with Crippen molar-refractivity contribution in [1.29, 1.82) is 5.26 Å². The van der Waals surface area contributed by atoms with Crippen molar-refractivity contribution in [2.45, 2.75) is 34.1 Å². The molecule has 3 nitrogen and oxygen atoms in total. The summed E-state index contributed by atoms with van der Waals surface area (Å²) in [5.41, 5.74) is 7.00. The predicted octanol–water partition coefficient (Wildman–Crippen LogP) is 5.85. The van der Waals surface area contributed by atoms with Crippen LogP contribution in [0.4, 0.5) is 0 Å². The molecule has 28 heavy (non-hydrogen) atoms. The Kier molecular flexibility index (Phi) is 4.23. The number of pyridine rings is 1. The molecule has 0 amide bonds. The standard InChI is InChI=1S/C25H25N2O/c1-16-9-10-20-19-8-6-7-18(15-26)23(19)28-24(20)22(16)21-13-17(11-12-27(21)5)14-25(2,3)4/h6-13H,14H2,1-5H3/q+1. The first kappa shape index (κ1) is 18.3. The van der Waals surface area contributed by atoms with Gasteiger partial charge in [-0.1, -0.05) is 45.0 Å². The van der Waals surface area contributed by atoms with E-state index in [1.807, 2.05) is 12.1 Å². The number of nitriles is 1. The molecule has 0 N–H and O–H groups in total. The van der Waals surface area contributed by atoms with Gasteiger partial charge in [0.1, 0.15) is 18.7 Å². The Hall–Kier alpha value is -3.12. The first-order valence-corrected chi connectivity index (χ1v) is 9.62. The lowest BCUT2D eigenvalue weighted by Gasteiger charge is -2.18. The lowest BCUT2D eigenvalue weighted by Crippen LogP contribution is -2.31. The van der Waals surface area contributed by atoms with Crippen LogP contribution in [0.2, 0.25) is 0 Å². The smallest absolute Gasteiger partial charge is 0.216 e. The van der Waals surface area contributed by atoms with Crippen molar-refractivity contribution < 1.29 is 8.98 Å². The van der Waals surface area contributed by atoms with Crippen LogP contribution in [0, 0.1) is 23.7 Å². The van der Waals surface area contributed by atoms with E-state index < -0.39 is 0 Å². The minimum Gasteiger partial charge on any atom is -0.454 e. The van der Waals surface area contributed by atoms with Crippen molar-refractivity contribution >= 4 is 21.9 Å². The van der Waals surface area contributed by atoms with Gasteiger partial charge in [-0.15, -0.1) is 0 Å². The van der Waals surface area contributed by atoms with Gasteiger partial charge in [-0.3, -0.25) is 0 Å². The quantitative estimate of drug-likeness (QED) is 0.416. The first-order valence-electron chi connectivity index (χ1n) is 9.62. The molecule has 0 radical (unpaired) electrons. The maximum absolute atomic E-state index is 9.48. The molecule has 0 aliphatic rings. The summed E-state index contributed by atoms with van der Waals surface area (Å²) in [7, 11) is 2.07. The van der Waals surface area contributed by atoms with Crippen LogP contribution in [0.1, 0.15) is 37.5 Å². The lowest BCUT2D eigenvalue weighted by molar-refractivity contribution is -0.660. The molecule has 4 rings (SSSR count). The van der Waals surface area contributed by atoms with Gasteiger partial charge in [0.05, 0.1) is 11.1 Å². The van der Waals surface area contributed by atoms with Gasteiger partial charge >= 0.3 is 0 Å². The molecule has 2 heterocycles. The van der Waals surface area contributed by atoms with Gasteiger partial charge in [0.15, 0.2) is 11.8 Å². The van der Waals surface area contributed by atoms with Gasteiger partial charge in [0.2, 0.25) is 5.69 Å². The minimum atomic E-state index is 0.222. The van der Waals surface area contributed by atoms with E-state index in [4.69, 9.17) is 4.42 Å². The molecule has 0 aliphatic heterocycles. The number of aromatic nitrogens is 1. The van der Waals surface area contributed by atoms with Gasteiger partial charge < -0.3 is 4.42 Å². The van der Waals surface area contributed by atoms with Crippen LogP contribution in [0.3, 0.4) is 0 Å². The second-order valence-corrected chi connectivity index (χ2v) is 8.80. The van der Waals surface area contributed by atoms with Gasteiger partial charge in [0.25, 0.3) is 0 Å². The summed E-state index contributed by atoms with van der Waals surface area (Å²) in [6, 6.07) is 16.7. The molecule has 3 heteroatoms. The molecule has 0 atom stereocenters. The number of benzene rings is 2. The van der Waals surface area contributed by atoms with Gasteiger partial charge in [-0.2, -0.15) is 5.26 Å². The maximum atomic E-state index is 9.48. The van der Waals surface area contributed by atoms with Crippen LogP contribution in [0.15, 0.2) is 53.1 Å². The predicted molar refractivity (Wildman–Crippen MR) is 113 cm³/mol. The summed E-state index contributed by atoms with van der Waals surface area (Å²) in [6.45, 7) is 8.89.